The summed E-state index contributed by atoms with van der Waals surface area (Å²) < 4.78 is 12.9. The minimum atomic E-state index is -0.333. The molecule has 3 nitrogen and oxygen atoms in total. The van der Waals surface area contributed by atoms with Crippen LogP contribution >= 0.6 is 0 Å². The Balaban J connectivity index is 1.74. The lowest BCUT2D eigenvalue weighted by Crippen LogP contribution is -2.31. The molecular formula is C19H17FN2O. The molecule has 0 aromatic heterocycles. The van der Waals surface area contributed by atoms with Crippen LogP contribution in [0.1, 0.15) is 18.5 Å². The predicted octanol–water partition coefficient (Wildman–Crippen LogP) is 4.86. The quantitative estimate of drug-likeness (QED) is 0.712. The molecule has 0 saturated heterocycles. The van der Waals surface area contributed by atoms with Gasteiger partial charge in [-0.05, 0) is 47.5 Å². The highest BCUT2D eigenvalue weighted by Crippen LogP contribution is 2.24. The van der Waals surface area contributed by atoms with E-state index in [-0.39, 0.29) is 17.9 Å². The van der Waals surface area contributed by atoms with Gasteiger partial charge < -0.3 is 10.6 Å². The van der Waals surface area contributed by atoms with Crippen LogP contribution in [0.15, 0.2) is 66.7 Å². The molecule has 0 spiro atoms. The highest BCUT2D eigenvalue weighted by Gasteiger charge is 2.12. The van der Waals surface area contributed by atoms with Gasteiger partial charge in [-0.1, -0.05) is 42.5 Å². The Labute approximate surface area is 134 Å². The van der Waals surface area contributed by atoms with Crippen LogP contribution in [0.4, 0.5) is 14.9 Å². The van der Waals surface area contributed by atoms with Crippen LogP contribution in [0.2, 0.25) is 0 Å². The number of rotatable bonds is 3. The second kappa shape index (κ2) is 6.48. The fourth-order valence-electron chi connectivity index (χ4n) is 2.60. The first-order valence-electron chi connectivity index (χ1n) is 7.44. The number of halogens is 1. The number of carbonyl (C=O) groups is 1. The van der Waals surface area contributed by atoms with Gasteiger partial charge in [0.05, 0.1) is 6.04 Å². The van der Waals surface area contributed by atoms with E-state index in [0.29, 0.717) is 5.69 Å². The number of carbonyl (C=O) groups excluding carboxylic acids is 1. The lowest BCUT2D eigenvalue weighted by atomic mass is 10.00. The number of amides is 2. The smallest absolute Gasteiger partial charge is 0.319 e. The third-order valence-electron chi connectivity index (χ3n) is 3.74. The number of urea groups is 1. The normalized spacial score (nSPS) is 11.9. The lowest BCUT2D eigenvalue weighted by Gasteiger charge is -2.17. The summed E-state index contributed by atoms with van der Waals surface area (Å²) in [6, 6.07) is 19.3. The van der Waals surface area contributed by atoms with E-state index >= 15 is 0 Å². The van der Waals surface area contributed by atoms with Crippen LogP contribution in [0.3, 0.4) is 0 Å². The van der Waals surface area contributed by atoms with E-state index in [1.807, 2.05) is 49.4 Å². The molecule has 23 heavy (non-hydrogen) atoms. The van der Waals surface area contributed by atoms with Crippen LogP contribution in [0, 0.1) is 5.82 Å². The Bertz CT molecular complexity index is 825. The third kappa shape index (κ3) is 3.48. The number of anilines is 1. The van der Waals surface area contributed by atoms with Gasteiger partial charge in [-0.3, -0.25) is 0 Å². The van der Waals surface area contributed by atoms with Gasteiger partial charge in [0.2, 0.25) is 0 Å². The Hall–Kier alpha value is -2.88. The van der Waals surface area contributed by atoms with Crippen molar-refractivity contribution < 1.29 is 9.18 Å². The predicted molar refractivity (Wildman–Crippen MR) is 90.9 cm³/mol. The van der Waals surface area contributed by atoms with E-state index in [4.69, 9.17) is 0 Å². The van der Waals surface area contributed by atoms with Crippen molar-refractivity contribution in [2.75, 3.05) is 5.32 Å². The zero-order chi connectivity index (χ0) is 16.2. The molecule has 3 rings (SSSR count). The molecule has 0 saturated carbocycles. The summed E-state index contributed by atoms with van der Waals surface area (Å²) in [5.74, 6) is -0.333. The molecular weight excluding hydrogens is 291 g/mol. The Morgan fingerprint density at radius 3 is 2.43 bits per heavy atom. The Morgan fingerprint density at radius 1 is 0.957 bits per heavy atom. The van der Waals surface area contributed by atoms with E-state index in [9.17, 15) is 9.18 Å². The zero-order valence-electron chi connectivity index (χ0n) is 12.7. The first-order chi connectivity index (χ1) is 11.1. The van der Waals surface area contributed by atoms with Gasteiger partial charge in [0.25, 0.3) is 0 Å². The van der Waals surface area contributed by atoms with E-state index in [2.05, 4.69) is 10.6 Å². The summed E-state index contributed by atoms with van der Waals surface area (Å²) >= 11 is 0. The molecule has 1 atom stereocenters. The maximum Gasteiger partial charge on any atom is 0.319 e. The zero-order valence-corrected chi connectivity index (χ0v) is 12.7. The van der Waals surface area contributed by atoms with Gasteiger partial charge in [0.1, 0.15) is 5.82 Å². The second-order valence-electron chi connectivity index (χ2n) is 5.40. The molecule has 4 heteroatoms. The molecule has 0 aliphatic rings. The van der Waals surface area contributed by atoms with Crippen molar-refractivity contribution in [3.05, 3.63) is 78.1 Å². The Morgan fingerprint density at radius 2 is 1.65 bits per heavy atom. The number of hydrogen-bond acceptors (Lipinski definition) is 1. The molecule has 0 bridgehead atoms. The van der Waals surface area contributed by atoms with Crippen LogP contribution in [-0.2, 0) is 0 Å². The first kappa shape index (κ1) is 15.0. The fraction of sp³-hybridized carbons (Fsp3) is 0.105. The maximum absolute atomic E-state index is 12.9. The minimum Gasteiger partial charge on any atom is -0.331 e. The van der Waals surface area contributed by atoms with E-state index < -0.39 is 0 Å². The molecule has 2 amide bonds. The van der Waals surface area contributed by atoms with Gasteiger partial charge in [-0.2, -0.15) is 0 Å². The summed E-state index contributed by atoms with van der Waals surface area (Å²) in [5.41, 5.74) is 1.60. The van der Waals surface area contributed by atoms with Crippen molar-refractivity contribution in [2.24, 2.45) is 0 Å². The standard InChI is InChI=1S/C19H17FN2O/c1-13(17-8-4-6-14-5-2-3-7-18(14)17)21-19(23)22-16-11-9-15(20)10-12-16/h2-13H,1H3,(H2,21,22,23)/t13-/m1/s1. The van der Waals surface area contributed by atoms with Crippen molar-refractivity contribution in [2.45, 2.75) is 13.0 Å². The number of hydrogen-bond donors (Lipinski definition) is 2. The summed E-state index contributed by atoms with van der Waals surface area (Å²) in [5, 5.41) is 7.86. The number of nitrogens with one attached hydrogen (secondary N) is 2. The van der Waals surface area contributed by atoms with Crippen LogP contribution in [0.25, 0.3) is 10.8 Å². The molecule has 0 radical (unpaired) electrons. The van der Waals surface area contributed by atoms with Crippen LogP contribution in [-0.4, -0.2) is 6.03 Å². The number of benzene rings is 3. The van der Waals surface area contributed by atoms with Crippen molar-refractivity contribution in [1.82, 2.24) is 5.32 Å². The maximum atomic E-state index is 12.9. The Kier molecular flexibility index (Phi) is 4.24. The minimum absolute atomic E-state index is 0.151. The molecule has 116 valence electrons. The van der Waals surface area contributed by atoms with E-state index in [0.717, 1.165) is 16.3 Å². The van der Waals surface area contributed by atoms with Crippen LogP contribution in [0.5, 0.6) is 0 Å². The third-order valence-corrected chi connectivity index (χ3v) is 3.74. The molecule has 0 heterocycles. The summed E-state index contributed by atoms with van der Waals surface area (Å²) in [6.07, 6.45) is 0. The lowest BCUT2D eigenvalue weighted by molar-refractivity contribution is 0.249. The van der Waals surface area contributed by atoms with E-state index in [1.54, 1.807) is 0 Å². The molecule has 3 aromatic carbocycles. The number of fused-ring (bicyclic) bond motifs is 1. The molecule has 0 fully saturated rings. The topological polar surface area (TPSA) is 41.1 Å². The molecule has 0 aliphatic carbocycles. The van der Waals surface area contributed by atoms with Crippen molar-refractivity contribution in [3.63, 3.8) is 0 Å². The van der Waals surface area contributed by atoms with Gasteiger partial charge >= 0.3 is 6.03 Å². The largest absolute Gasteiger partial charge is 0.331 e. The van der Waals surface area contributed by atoms with Gasteiger partial charge in [0.15, 0.2) is 0 Å². The monoisotopic (exact) mass is 308 g/mol. The molecule has 0 unspecified atom stereocenters. The van der Waals surface area contributed by atoms with Gasteiger partial charge in [-0.25, -0.2) is 9.18 Å². The summed E-state index contributed by atoms with van der Waals surface area (Å²) in [6.45, 7) is 1.94. The average Bonchev–Trinajstić information content (AvgIpc) is 2.56. The fourth-order valence-corrected chi connectivity index (χ4v) is 2.60. The summed E-state index contributed by atoms with van der Waals surface area (Å²) in [7, 11) is 0. The van der Waals surface area contributed by atoms with Crippen molar-refractivity contribution in [3.8, 4) is 0 Å². The molecule has 0 aliphatic heterocycles. The second-order valence-corrected chi connectivity index (χ2v) is 5.40. The molecule has 2 N–H and O–H groups in total. The highest BCUT2D eigenvalue weighted by atomic mass is 19.1. The van der Waals surface area contributed by atoms with Crippen molar-refractivity contribution in [1.29, 1.82) is 0 Å². The average molecular weight is 308 g/mol. The molecule has 3 aromatic rings. The highest BCUT2D eigenvalue weighted by molar-refractivity contribution is 5.91. The SMILES string of the molecule is C[C@@H](NC(=O)Nc1ccc(F)cc1)c1cccc2ccccc12. The van der Waals surface area contributed by atoms with Gasteiger partial charge in [-0.15, -0.1) is 0 Å². The van der Waals surface area contributed by atoms with Crippen LogP contribution < -0.4 is 10.6 Å². The summed E-state index contributed by atoms with van der Waals surface area (Å²) in [4.78, 5) is 12.1. The van der Waals surface area contributed by atoms with Crippen molar-refractivity contribution >= 4 is 22.5 Å². The van der Waals surface area contributed by atoms with E-state index in [1.165, 1.54) is 24.3 Å². The van der Waals surface area contributed by atoms with Gasteiger partial charge in [0, 0.05) is 5.69 Å². The first-order valence-corrected chi connectivity index (χ1v) is 7.44.